The minimum atomic E-state index is 0.572. The van der Waals surface area contributed by atoms with E-state index in [4.69, 9.17) is 9.47 Å². The molecule has 0 radical (unpaired) electrons. The zero-order chi connectivity index (χ0) is 15.3. The van der Waals surface area contributed by atoms with Crippen LogP contribution in [0.3, 0.4) is 0 Å². The molecule has 0 bridgehead atoms. The van der Waals surface area contributed by atoms with Gasteiger partial charge in [0.15, 0.2) is 0 Å². The van der Waals surface area contributed by atoms with Crippen molar-refractivity contribution in [3.63, 3.8) is 0 Å². The summed E-state index contributed by atoms with van der Waals surface area (Å²) < 4.78 is 10.9. The highest BCUT2D eigenvalue weighted by Gasteiger charge is 1.98. The van der Waals surface area contributed by atoms with Gasteiger partial charge in [0.1, 0.15) is 0 Å². The number of hydrogen-bond acceptors (Lipinski definition) is 10. The number of aromatic nitrogens is 6. The van der Waals surface area contributed by atoms with Crippen molar-refractivity contribution in [3.05, 3.63) is 24.8 Å². The lowest BCUT2D eigenvalue weighted by molar-refractivity contribution is 0.0604. The topological polar surface area (TPSA) is 95.8 Å². The Morgan fingerprint density at radius 3 is 1.59 bits per heavy atom. The molecule has 0 amide bonds. The van der Waals surface area contributed by atoms with Crippen molar-refractivity contribution in [3.8, 4) is 0 Å². The summed E-state index contributed by atoms with van der Waals surface area (Å²) in [6.45, 7) is 2.40. The molecule has 2 rings (SSSR count). The molecule has 0 saturated carbocycles. The van der Waals surface area contributed by atoms with Crippen LogP contribution in [0.15, 0.2) is 35.1 Å². The minimum absolute atomic E-state index is 0.572. The van der Waals surface area contributed by atoms with Gasteiger partial charge in [0.2, 0.25) is 10.3 Å². The molecule has 0 unspecified atom stereocenters. The lowest BCUT2D eigenvalue weighted by atomic mass is 10.7. The SMILES string of the molecule is c1cnc(SCCOCCOCCSc2nccnn2)nn1. The molecular formula is C12H16N6O2S2. The van der Waals surface area contributed by atoms with E-state index >= 15 is 0 Å². The zero-order valence-electron chi connectivity index (χ0n) is 11.9. The van der Waals surface area contributed by atoms with Gasteiger partial charge in [0.05, 0.1) is 51.2 Å². The standard InChI is InChI=1S/C12H16N6O2S2/c1-3-15-17-11(13-1)21-9-7-19-5-6-20-8-10-22-12-14-2-4-16-18-12/h1-4H,5-10H2. The van der Waals surface area contributed by atoms with E-state index in [0.717, 1.165) is 11.5 Å². The van der Waals surface area contributed by atoms with Crippen LogP contribution in [0.1, 0.15) is 0 Å². The van der Waals surface area contributed by atoms with Gasteiger partial charge in [-0.1, -0.05) is 23.5 Å². The molecule has 118 valence electrons. The maximum Gasteiger partial charge on any atom is 0.209 e. The molecular weight excluding hydrogens is 324 g/mol. The molecule has 2 aromatic rings. The van der Waals surface area contributed by atoms with Crippen molar-refractivity contribution >= 4 is 23.5 Å². The van der Waals surface area contributed by atoms with E-state index in [-0.39, 0.29) is 0 Å². The fourth-order valence-electron chi connectivity index (χ4n) is 1.31. The molecule has 2 aromatic heterocycles. The van der Waals surface area contributed by atoms with Gasteiger partial charge in [-0.15, -0.1) is 10.2 Å². The van der Waals surface area contributed by atoms with Crippen LogP contribution in [0.25, 0.3) is 0 Å². The van der Waals surface area contributed by atoms with E-state index < -0.39 is 0 Å². The summed E-state index contributed by atoms with van der Waals surface area (Å²) in [4.78, 5) is 8.13. The molecule has 2 heterocycles. The van der Waals surface area contributed by atoms with Gasteiger partial charge in [-0.25, -0.2) is 9.97 Å². The summed E-state index contributed by atoms with van der Waals surface area (Å²) in [6.07, 6.45) is 6.35. The quantitative estimate of drug-likeness (QED) is 0.435. The van der Waals surface area contributed by atoms with Crippen LogP contribution in [-0.4, -0.2) is 68.3 Å². The Morgan fingerprint density at radius 2 is 1.18 bits per heavy atom. The van der Waals surface area contributed by atoms with Gasteiger partial charge in [0.25, 0.3) is 0 Å². The highest BCUT2D eigenvalue weighted by molar-refractivity contribution is 7.99. The molecule has 0 aliphatic heterocycles. The number of thioether (sulfide) groups is 2. The van der Waals surface area contributed by atoms with Crippen molar-refractivity contribution in [2.45, 2.75) is 10.3 Å². The van der Waals surface area contributed by atoms with Crippen molar-refractivity contribution in [2.75, 3.05) is 37.9 Å². The second kappa shape index (κ2) is 11.2. The lowest BCUT2D eigenvalue weighted by Gasteiger charge is -2.05. The summed E-state index contributed by atoms with van der Waals surface area (Å²) in [5.74, 6) is 1.58. The maximum absolute atomic E-state index is 5.46. The van der Waals surface area contributed by atoms with E-state index in [1.807, 2.05) is 0 Å². The van der Waals surface area contributed by atoms with Crippen LogP contribution < -0.4 is 0 Å². The third-order valence-electron chi connectivity index (χ3n) is 2.21. The number of ether oxygens (including phenoxy) is 2. The molecule has 0 saturated heterocycles. The van der Waals surface area contributed by atoms with Crippen molar-refractivity contribution < 1.29 is 9.47 Å². The van der Waals surface area contributed by atoms with Crippen LogP contribution in [0.2, 0.25) is 0 Å². The van der Waals surface area contributed by atoms with Gasteiger partial charge >= 0.3 is 0 Å². The monoisotopic (exact) mass is 340 g/mol. The number of hydrogen-bond donors (Lipinski definition) is 0. The first kappa shape index (κ1) is 17.0. The van der Waals surface area contributed by atoms with Gasteiger partial charge in [-0.3, -0.25) is 0 Å². The zero-order valence-corrected chi connectivity index (χ0v) is 13.5. The molecule has 0 atom stereocenters. The summed E-state index contributed by atoms with van der Waals surface area (Å²) >= 11 is 3.03. The van der Waals surface area contributed by atoms with E-state index in [9.17, 15) is 0 Å². The first-order chi connectivity index (χ1) is 10.9. The molecule has 0 aliphatic rings. The third kappa shape index (κ3) is 7.59. The normalized spacial score (nSPS) is 10.7. The van der Waals surface area contributed by atoms with Gasteiger partial charge in [-0.2, -0.15) is 10.2 Å². The Kier molecular flexibility index (Phi) is 8.69. The average molecular weight is 340 g/mol. The third-order valence-corrected chi connectivity index (χ3v) is 3.84. The van der Waals surface area contributed by atoms with Gasteiger partial charge < -0.3 is 9.47 Å². The van der Waals surface area contributed by atoms with Crippen LogP contribution in [0.4, 0.5) is 0 Å². The largest absolute Gasteiger partial charge is 0.378 e. The summed E-state index contributed by atoms with van der Waals surface area (Å²) in [7, 11) is 0. The predicted octanol–water partition coefficient (Wildman–Crippen LogP) is 0.974. The molecule has 8 nitrogen and oxygen atoms in total. The Bertz CT molecular complexity index is 460. The highest BCUT2D eigenvalue weighted by Crippen LogP contribution is 2.10. The van der Waals surface area contributed by atoms with Crippen molar-refractivity contribution in [1.29, 1.82) is 0 Å². The van der Waals surface area contributed by atoms with E-state index in [0.29, 0.717) is 36.7 Å². The van der Waals surface area contributed by atoms with Crippen LogP contribution in [-0.2, 0) is 9.47 Å². The smallest absolute Gasteiger partial charge is 0.209 e. The Hall–Kier alpha value is -1.36. The van der Waals surface area contributed by atoms with Gasteiger partial charge in [-0.05, 0) is 0 Å². The minimum Gasteiger partial charge on any atom is -0.378 e. The molecule has 0 N–H and O–H groups in total. The predicted molar refractivity (Wildman–Crippen MR) is 82.7 cm³/mol. The molecule has 0 fully saturated rings. The van der Waals surface area contributed by atoms with Crippen molar-refractivity contribution in [2.24, 2.45) is 0 Å². The maximum atomic E-state index is 5.46. The van der Waals surface area contributed by atoms with E-state index in [2.05, 4.69) is 30.4 Å². The van der Waals surface area contributed by atoms with E-state index in [1.165, 1.54) is 23.5 Å². The lowest BCUT2D eigenvalue weighted by Crippen LogP contribution is -2.08. The van der Waals surface area contributed by atoms with Crippen LogP contribution in [0, 0.1) is 0 Å². The molecule has 22 heavy (non-hydrogen) atoms. The molecule has 0 aromatic carbocycles. The second-order valence-electron chi connectivity index (χ2n) is 3.77. The second-order valence-corrected chi connectivity index (χ2v) is 5.90. The Labute approximate surface area is 136 Å². The fraction of sp³-hybridized carbons (Fsp3) is 0.500. The van der Waals surface area contributed by atoms with Crippen LogP contribution >= 0.6 is 23.5 Å². The highest BCUT2D eigenvalue weighted by atomic mass is 32.2. The molecule has 0 aliphatic carbocycles. The number of rotatable bonds is 11. The van der Waals surface area contributed by atoms with Crippen molar-refractivity contribution in [1.82, 2.24) is 30.4 Å². The summed E-state index contributed by atoms with van der Waals surface area (Å²) in [6, 6.07) is 0. The first-order valence-corrected chi connectivity index (χ1v) is 8.61. The Balaban J connectivity index is 1.37. The Morgan fingerprint density at radius 1 is 0.682 bits per heavy atom. The first-order valence-electron chi connectivity index (χ1n) is 6.63. The summed E-state index contributed by atoms with van der Waals surface area (Å²) in [5.41, 5.74) is 0. The molecule has 10 heteroatoms. The average Bonchev–Trinajstić information content (AvgIpc) is 2.58. The van der Waals surface area contributed by atoms with Crippen LogP contribution in [0.5, 0.6) is 0 Å². The summed E-state index contributed by atoms with van der Waals surface area (Å²) in [5, 5.41) is 16.6. The molecule has 0 spiro atoms. The van der Waals surface area contributed by atoms with E-state index in [1.54, 1.807) is 24.8 Å². The fourth-order valence-corrected chi connectivity index (χ4v) is 2.56. The van der Waals surface area contributed by atoms with Gasteiger partial charge in [0, 0.05) is 11.5 Å². The number of nitrogens with zero attached hydrogens (tertiary/aromatic N) is 6.